The Kier molecular flexibility index (Phi) is 5.72. The standard InChI is InChI=1S/C21H30ClN3O/c22-19-3-4-20-18(21(19)23)2-1-9-25(20)15-16-5-10-24(11-6-16)14-17-7-12-26-13-8-17/h1-4,16-17H,5-15,23H2. The van der Waals surface area contributed by atoms with Crippen LogP contribution in [0.4, 0.5) is 11.4 Å². The van der Waals surface area contributed by atoms with E-state index in [4.69, 9.17) is 22.1 Å². The van der Waals surface area contributed by atoms with Gasteiger partial charge in [-0.05, 0) is 62.7 Å². The number of fused-ring (bicyclic) bond motifs is 1. The number of likely N-dealkylation sites (tertiary alicyclic amines) is 1. The van der Waals surface area contributed by atoms with Gasteiger partial charge in [0.2, 0.25) is 0 Å². The third-order valence-corrected chi connectivity index (χ3v) is 6.53. The average Bonchev–Trinajstić information content (AvgIpc) is 2.67. The third-order valence-electron chi connectivity index (χ3n) is 6.20. The maximum atomic E-state index is 6.19. The molecule has 0 spiro atoms. The van der Waals surface area contributed by atoms with Gasteiger partial charge in [0.05, 0.1) is 10.7 Å². The summed E-state index contributed by atoms with van der Waals surface area (Å²) in [7, 11) is 0. The van der Waals surface area contributed by atoms with Crippen LogP contribution in [-0.2, 0) is 4.74 Å². The first kappa shape index (κ1) is 18.1. The first-order chi connectivity index (χ1) is 12.7. The zero-order chi connectivity index (χ0) is 17.9. The number of piperidine rings is 1. The molecule has 3 heterocycles. The fraction of sp³-hybridized carbons (Fsp3) is 0.619. The molecule has 142 valence electrons. The molecule has 3 aliphatic rings. The molecule has 26 heavy (non-hydrogen) atoms. The summed E-state index contributed by atoms with van der Waals surface area (Å²) in [6, 6.07) is 4.05. The minimum absolute atomic E-state index is 0.650. The van der Waals surface area contributed by atoms with Crippen LogP contribution in [0.3, 0.4) is 0 Å². The number of hydrogen-bond donors (Lipinski definition) is 1. The smallest absolute Gasteiger partial charge is 0.0643 e. The van der Waals surface area contributed by atoms with Gasteiger partial charge in [-0.2, -0.15) is 0 Å². The molecule has 4 nitrogen and oxygen atoms in total. The van der Waals surface area contributed by atoms with E-state index in [0.717, 1.165) is 43.7 Å². The van der Waals surface area contributed by atoms with Gasteiger partial charge in [0.15, 0.2) is 0 Å². The Bertz CT molecular complexity index is 649. The predicted molar refractivity (Wildman–Crippen MR) is 110 cm³/mol. The summed E-state index contributed by atoms with van der Waals surface area (Å²) in [6.45, 7) is 7.73. The molecule has 0 amide bonds. The van der Waals surface area contributed by atoms with Crippen LogP contribution in [0.15, 0.2) is 18.2 Å². The minimum Gasteiger partial charge on any atom is -0.397 e. The summed E-state index contributed by atoms with van der Waals surface area (Å²) < 4.78 is 5.49. The molecule has 0 aromatic heterocycles. The Balaban J connectivity index is 1.31. The van der Waals surface area contributed by atoms with Crippen molar-refractivity contribution in [2.24, 2.45) is 11.8 Å². The van der Waals surface area contributed by atoms with Crippen LogP contribution in [0.2, 0.25) is 5.02 Å². The van der Waals surface area contributed by atoms with E-state index in [9.17, 15) is 0 Å². The lowest BCUT2D eigenvalue weighted by molar-refractivity contribution is 0.0470. The van der Waals surface area contributed by atoms with Crippen LogP contribution in [-0.4, -0.2) is 50.8 Å². The number of nitrogens with two attached hydrogens (primary N) is 1. The van der Waals surface area contributed by atoms with Crippen LogP contribution in [0.25, 0.3) is 6.08 Å². The molecule has 1 aromatic carbocycles. The topological polar surface area (TPSA) is 41.7 Å². The van der Waals surface area contributed by atoms with Crippen molar-refractivity contribution in [1.82, 2.24) is 4.90 Å². The Labute approximate surface area is 161 Å². The number of nitrogens with zero attached hydrogens (tertiary/aromatic N) is 2. The number of nitrogen functional groups attached to an aromatic ring is 1. The first-order valence-electron chi connectivity index (χ1n) is 10.0. The largest absolute Gasteiger partial charge is 0.397 e. The Morgan fingerprint density at radius 2 is 1.77 bits per heavy atom. The van der Waals surface area contributed by atoms with Crippen molar-refractivity contribution in [3.05, 3.63) is 28.8 Å². The summed E-state index contributed by atoms with van der Waals surface area (Å²) in [5.41, 5.74) is 9.20. The molecule has 3 aliphatic heterocycles. The van der Waals surface area contributed by atoms with Crippen molar-refractivity contribution in [3.63, 3.8) is 0 Å². The zero-order valence-corrected chi connectivity index (χ0v) is 16.3. The first-order valence-corrected chi connectivity index (χ1v) is 10.4. The lowest BCUT2D eigenvalue weighted by atomic mass is 9.93. The lowest BCUT2D eigenvalue weighted by Crippen LogP contribution is -2.41. The molecule has 0 radical (unpaired) electrons. The van der Waals surface area contributed by atoms with E-state index in [0.29, 0.717) is 10.7 Å². The summed E-state index contributed by atoms with van der Waals surface area (Å²) >= 11 is 6.19. The molecule has 2 saturated heterocycles. The molecular weight excluding hydrogens is 346 g/mol. The molecule has 2 N–H and O–H groups in total. The van der Waals surface area contributed by atoms with Gasteiger partial charge in [-0.1, -0.05) is 23.8 Å². The number of anilines is 2. The van der Waals surface area contributed by atoms with Crippen molar-refractivity contribution >= 4 is 29.1 Å². The third kappa shape index (κ3) is 4.03. The molecule has 0 saturated carbocycles. The van der Waals surface area contributed by atoms with E-state index in [-0.39, 0.29) is 0 Å². The van der Waals surface area contributed by atoms with Crippen LogP contribution in [0.1, 0.15) is 31.2 Å². The van der Waals surface area contributed by atoms with Gasteiger partial charge in [0.25, 0.3) is 0 Å². The molecule has 0 aliphatic carbocycles. The maximum Gasteiger partial charge on any atom is 0.0643 e. The average molecular weight is 376 g/mol. The van der Waals surface area contributed by atoms with E-state index in [1.54, 1.807) is 0 Å². The van der Waals surface area contributed by atoms with Crippen LogP contribution in [0.5, 0.6) is 0 Å². The van der Waals surface area contributed by atoms with Crippen LogP contribution >= 0.6 is 11.6 Å². The second-order valence-electron chi connectivity index (χ2n) is 8.00. The van der Waals surface area contributed by atoms with Crippen molar-refractivity contribution in [3.8, 4) is 0 Å². The van der Waals surface area contributed by atoms with Gasteiger partial charge < -0.3 is 20.3 Å². The van der Waals surface area contributed by atoms with Gasteiger partial charge in [-0.3, -0.25) is 0 Å². The number of halogens is 1. The number of rotatable bonds is 4. The number of hydrogen-bond acceptors (Lipinski definition) is 4. The normalized spacial score (nSPS) is 22.6. The van der Waals surface area contributed by atoms with E-state index >= 15 is 0 Å². The highest BCUT2D eigenvalue weighted by molar-refractivity contribution is 6.33. The van der Waals surface area contributed by atoms with Gasteiger partial charge in [-0.25, -0.2) is 0 Å². The van der Waals surface area contributed by atoms with E-state index < -0.39 is 0 Å². The number of ether oxygens (including phenoxy) is 1. The summed E-state index contributed by atoms with van der Waals surface area (Å²) in [4.78, 5) is 5.15. The van der Waals surface area contributed by atoms with Crippen molar-refractivity contribution < 1.29 is 4.74 Å². The summed E-state index contributed by atoms with van der Waals surface area (Å²) in [6.07, 6.45) is 9.38. The molecule has 1 aromatic rings. The minimum atomic E-state index is 0.650. The summed E-state index contributed by atoms with van der Waals surface area (Å²) in [5.74, 6) is 1.60. The molecule has 0 bridgehead atoms. The molecule has 2 fully saturated rings. The number of benzene rings is 1. The van der Waals surface area contributed by atoms with Crippen molar-refractivity contribution in [2.75, 3.05) is 56.6 Å². The van der Waals surface area contributed by atoms with E-state index in [1.165, 1.54) is 51.0 Å². The van der Waals surface area contributed by atoms with Gasteiger partial charge in [-0.15, -0.1) is 0 Å². The van der Waals surface area contributed by atoms with Crippen molar-refractivity contribution in [1.29, 1.82) is 0 Å². The lowest BCUT2D eigenvalue weighted by Gasteiger charge is -2.38. The Morgan fingerprint density at radius 3 is 2.54 bits per heavy atom. The molecular formula is C21H30ClN3O. The van der Waals surface area contributed by atoms with E-state index in [1.807, 2.05) is 6.07 Å². The maximum absolute atomic E-state index is 6.19. The predicted octanol–water partition coefficient (Wildman–Crippen LogP) is 3.89. The zero-order valence-electron chi connectivity index (χ0n) is 15.5. The SMILES string of the molecule is Nc1c(Cl)ccc2c1C=CCN2CC1CCN(CC2CCOCC2)CC1. The quantitative estimate of drug-likeness (QED) is 0.810. The molecule has 5 heteroatoms. The van der Waals surface area contributed by atoms with E-state index in [2.05, 4.69) is 28.0 Å². The highest BCUT2D eigenvalue weighted by atomic mass is 35.5. The Hall–Kier alpha value is -1.23. The van der Waals surface area contributed by atoms with Crippen molar-refractivity contribution in [2.45, 2.75) is 25.7 Å². The highest BCUT2D eigenvalue weighted by Crippen LogP contribution is 2.36. The van der Waals surface area contributed by atoms with Crippen LogP contribution in [0, 0.1) is 11.8 Å². The van der Waals surface area contributed by atoms with Gasteiger partial charge >= 0.3 is 0 Å². The molecule has 0 atom stereocenters. The van der Waals surface area contributed by atoms with Gasteiger partial charge in [0, 0.05) is 44.1 Å². The monoisotopic (exact) mass is 375 g/mol. The fourth-order valence-electron chi connectivity index (χ4n) is 4.58. The second kappa shape index (κ2) is 8.20. The molecule has 0 unspecified atom stereocenters. The second-order valence-corrected chi connectivity index (χ2v) is 8.41. The molecule has 4 rings (SSSR count). The van der Waals surface area contributed by atoms with Crippen LogP contribution < -0.4 is 10.6 Å². The highest BCUT2D eigenvalue weighted by Gasteiger charge is 2.25. The Morgan fingerprint density at radius 1 is 1.04 bits per heavy atom. The fourth-order valence-corrected chi connectivity index (χ4v) is 4.74. The summed E-state index contributed by atoms with van der Waals surface area (Å²) in [5, 5.41) is 0.650. The van der Waals surface area contributed by atoms with Gasteiger partial charge in [0.1, 0.15) is 0 Å².